The number of nitrogens with one attached hydrogen (secondary N) is 1. The SMILES string of the molecule is COc1cc2ccc(-c3cnc(CCCCCCC(N)=O)[nH]3)cc2cn1. The van der Waals surface area contributed by atoms with Gasteiger partial charge in [0, 0.05) is 36.1 Å². The van der Waals surface area contributed by atoms with Gasteiger partial charge in [-0.2, -0.15) is 0 Å². The van der Waals surface area contributed by atoms with E-state index in [0.717, 1.165) is 60.0 Å². The third-order valence-corrected chi connectivity index (χ3v) is 4.43. The summed E-state index contributed by atoms with van der Waals surface area (Å²) in [7, 11) is 1.62. The number of aryl methyl sites for hydroxylation is 1. The lowest BCUT2D eigenvalue weighted by molar-refractivity contribution is -0.118. The van der Waals surface area contributed by atoms with Crippen molar-refractivity contribution in [3.63, 3.8) is 0 Å². The van der Waals surface area contributed by atoms with E-state index >= 15 is 0 Å². The average Bonchev–Trinajstić information content (AvgIpc) is 3.12. The number of pyridine rings is 1. The number of methoxy groups -OCH3 is 1. The van der Waals surface area contributed by atoms with Crippen molar-refractivity contribution in [3.05, 3.63) is 42.5 Å². The molecule has 0 saturated carbocycles. The lowest BCUT2D eigenvalue weighted by atomic mass is 10.1. The molecule has 3 N–H and O–H groups in total. The van der Waals surface area contributed by atoms with Crippen LogP contribution < -0.4 is 10.5 Å². The van der Waals surface area contributed by atoms with Gasteiger partial charge in [0.2, 0.25) is 11.8 Å². The molecule has 2 aromatic heterocycles. The monoisotopic (exact) mass is 352 g/mol. The molecule has 0 saturated heterocycles. The van der Waals surface area contributed by atoms with Gasteiger partial charge in [-0.05, 0) is 24.3 Å². The molecule has 0 aliphatic rings. The van der Waals surface area contributed by atoms with Gasteiger partial charge in [0.15, 0.2) is 0 Å². The number of ether oxygens (including phenoxy) is 1. The van der Waals surface area contributed by atoms with Gasteiger partial charge in [0.05, 0.1) is 19.0 Å². The Labute approximate surface area is 152 Å². The maximum atomic E-state index is 10.7. The fourth-order valence-corrected chi connectivity index (χ4v) is 2.98. The first-order valence-electron chi connectivity index (χ1n) is 8.92. The summed E-state index contributed by atoms with van der Waals surface area (Å²) in [4.78, 5) is 22.8. The van der Waals surface area contributed by atoms with E-state index in [0.29, 0.717) is 12.3 Å². The van der Waals surface area contributed by atoms with Crippen LogP contribution in [0.1, 0.15) is 37.9 Å². The van der Waals surface area contributed by atoms with Crippen LogP contribution >= 0.6 is 0 Å². The van der Waals surface area contributed by atoms with E-state index < -0.39 is 0 Å². The maximum absolute atomic E-state index is 10.7. The molecule has 26 heavy (non-hydrogen) atoms. The van der Waals surface area contributed by atoms with E-state index in [1.807, 2.05) is 18.5 Å². The Morgan fingerprint density at radius 1 is 1.08 bits per heavy atom. The van der Waals surface area contributed by atoms with Gasteiger partial charge >= 0.3 is 0 Å². The molecule has 0 aliphatic heterocycles. The number of nitrogens with two attached hydrogens (primary N) is 1. The minimum atomic E-state index is -0.218. The zero-order valence-corrected chi connectivity index (χ0v) is 15.0. The van der Waals surface area contributed by atoms with Crippen LogP contribution in [0.4, 0.5) is 0 Å². The van der Waals surface area contributed by atoms with E-state index in [2.05, 4.69) is 33.2 Å². The number of imidazole rings is 1. The van der Waals surface area contributed by atoms with Crippen molar-refractivity contribution in [2.24, 2.45) is 5.73 Å². The molecule has 0 spiro atoms. The molecule has 6 heteroatoms. The van der Waals surface area contributed by atoms with Crippen molar-refractivity contribution in [3.8, 4) is 17.1 Å². The lowest BCUT2D eigenvalue weighted by Crippen LogP contribution is -2.09. The summed E-state index contributed by atoms with van der Waals surface area (Å²) in [5, 5.41) is 2.16. The molecule has 3 aromatic rings. The number of aromatic amines is 1. The van der Waals surface area contributed by atoms with Crippen LogP contribution in [0.2, 0.25) is 0 Å². The Balaban J connectivity index is 1.58. The summed E-state index contributed by atoms with van der Waals surface area (Å²) in [5.41, 5.74) is 7.23. The van der Waals surface area contributed by atoms with Crippen molar-refractivity contribution < 1.29 is 9.53 Å². The number of H-pyrrole nitrogens is 1. The zero-order chi connectivity index (χ0) is 18.4. The van der Waals surface area contributed by atoms with E-state index in [1.54, 1.807) is 7.11 Å². The topological polar surface area (TPSA) is 93.9 Å². The molecule has 0 fully saturated rings. The molecule has 1 amide bonds. The number of hydrogen-bond donors (Lipinski definition) is 2. The van der Waals surface area contributed by atoms with Gasteiger partial charge in [-0.15, -0.1) is 0 Å². The summed E-state index contributed by atoms with van der Waals surface area (Å²) >= 11 is 0. The Morgan fingerprint density at radius 2 is 1.92 bits per heavy atom. The highest BCUT2D eigenvalue weighted by molar-refractivity contribution is 5.86. The maximum Gasteiger partial charge on any atom is 0.217 e. The van der Waals surface area contributed by atoms with Crippen molar-refractivity contribution in [1.82, 2.24) is 15.0 Å². The highest BCUT2D eigenvalue weighted by Crippen LogP contribution is 2.25. The number of carbonyl (C=O) groups is 1. The van der Waals surface area contributed by atoms with E-state index in [-0.39, 0.29) is 5.91 Å². The van der Waals surface area contributed by atoms with Crippen LogP contribution in [0.5, 0.6) is 5.88 Å². The van der Waals surface area contributed by atoms with Crippen LogP contribution in [0.15, 0.2) is 36.7 Å². The fourth-order valence-electron chi connectivity index (χ4n) is 2.98. The molecular formula is C20H24N4O2. The molecule has 2 heterocycles. The second-order valence-electron chi connectivity index (χ2n) is 6.41. The predicted molar refractivity (Wildman–Crippen MR) is 102 cm³/mol. The van der Waals surface area contributed by atoms with Crippen molar-refractivity contribution in [2.75, 3.05) is 7.11 Å². The fraction of sp³-hybridized carbons (Fsp3) is 0.350. The molecule has 0 radical (unpaired) electrons. The normalized spacial score (nSPS) is 11.0. The quantitative estimate of drug-likeness (QED) is 0.575. The number of carbonyl (C=O) groups excluding carboxylic acids is 1. The number of nitrogens with zero attached hydrogens (tertiary/aromatic N) is 2. The smallest absolute Gasteiger partial charge is 0.217 e. The van der Waals surface area contributed by atoms with Gasteiger partial charge in [-0.25, -0.2) is 9.97 Å². The first kappa shape index (κ1) is 17.9. The molecule has 0 atom stereocenters. The first-order valence-corrected chi connectivity index (χ1v) is 8.92. The number of aromatic nitrogens is 3. The molecule has 3 rings (SSSR count). The summed E-state index contributed by atoms with van der Waals surface area (Å²) in [6, 6.07) is 8.16. The van der Waals surface area contributed by atoms with Crippen molar-refractivity contribution in [2.45, 2.75) is 38.5 Å². The van der Waals surface area contributed by atoms with E-state index in [1.165, 1.54) is 0 Å². The van der Waals surface area contributed by atoms with Crippen LogP contribution in [-0.2, 0) is 11.2 Å². The van der Waals surface area contributed by atoms with Crippen LogP contribution in [0.25, 0.3) is 22.0 Å². The van der Waals surface area contributed by atoms with Crippen LogP contribution in [0, 0.1) is 0 Å². The number of amides is 1. The first-order chi connectivity index (χ1) is 12.7. The summed E-state index contributed by atoms with van der Waals surface area (Å²) < 4.78 is 5.16. The van der Waals surface area contributed by atoms with E-state index in [9.17, 15) is 4.79 Å². The molecule has 6 nitrogen and oxygen atoms in total. The van der Waals surface area contributed by atoms with Gasteiger partial charge in [0.1, 0.15) is 5.82 Å². The zero-order valence-electron chi connectivity index (χ0n) is 15.0. The second-order valence-corrected chi connectivity index (χ2v) is 6.41. The van der Waals surface area contributed by atoms with Gasteiger partial charge in [-0.3, -0.25) is 4.79 Å². The van der Waals surface area contributed by atoms with Gasteiger partial charge < -0.3 is 15.5 Å². The highest BCUT2D eigenvalue weighted by Gasteiger charge is 2.06. The third kappa shape index (κ3) is 4.59. The van der Waals surface area contributed by atoms with Crippen molar-refractivity contribution in [1.29, 1.82) is 0 Å². The Kier molecular flexibility index (Phi) is 5.84. The van der Waals surface area contributed by atoms with Crippen LogP contribution in [-0.4, -0.2) is 28.0 Å². The molecular weight excluding hydrogens is 328 g/mol. The molecule has 1 aromatic carbocycles. The number of fused-ring (bicyclic) bond motifs is 1. The largest absolute Gasteiger partial charge is 0.481 e. The number of benzene rings is 1. The third-order valence-electron chi connectivity index (χ3n) is 4.43. The molecule has 0 aliphatic carbocycles. The van der Waals surface area contributed by atoms with Crippen molar-refractivity contribution >= 4 is 16.7 Å². The minimum absolute atomic E-state index is 0.218. The molecule has 0 unspecified atom stereocenters. The number of primary amides is 1. The molecule has 136 valence electrons. The molecule has 0 bridgehead atoms. The average molecular weight is 352 g/mol. The van der Waals surface area contributed by atoms with E-state index in [4.69, 9.17) is 10.5 Å². The predicted octanol–water partition coefficient (Wildman–Crippen LogP) is 3.61. The number of unbranched alkanes of at least 4 members (excludes halogenated alkanes) is 3. The lowest BCUT2D eigenvalue weighted by Gasteiger charge is -2.04. The standard InChI is InChI=1S/C20H24N4O2/c1-26-20-11-14-8-9-15(10-16(14)12-23-20)17-13-22-19(24-17)7-5-3-2-4-6-18(21)25/h8-13H,2-7H2,1H3,(H2,21,25)(H,22,24). The minimum Gasteiger partial charge on any atom is -0.481 e. The number of rotatable bonds is 9. The Hall–Kier alpha value is -2.89. The Morgan fingerprint density at radius 3 is 2.73 bits per heavy atom. The number of hydrogen-bond acceptors (Lipinski definition) is 4. The summed E-state index contributed by atoms with van der Waals surface area (Å²) in [6.45, 7) is 0. The van der Waals surface area contributed by atoms with Gasteiger partial charge in [-0.1, -0.05) is 25.0 Å². The highest BCUT2D eigenvalue weighted by atomic mass is 16.5. The Bertz CT molecular complexity index is 888. The summed E-state index contributed by atoms with van der Waals surface area (Å²) in [5.74, 6) is 1.39. The van der Waals surface area contributed by atoms with Crippen LogP contribution in [0.3, 0.4) is 0 Å². The van der Waals surface area contributed by atoms with Gasteiger partial charge in [0.25, 0.3) is 0 Å². The summed E-state index contributed by atoms with van der Waals surface area (Å²) in [6.07, 6.45) is 9.10. The second kappa shape index (κ2) is 8.47.